The fraction of sp³-hybridized carbons (Fsp3) is 0.355. The molecule has 0 spiro atoms. The van der Waals surface area contributed by atoms with Gasteiger partial charge in [0, 0.05) is 61.5 Å². The van der Waals surface area contributed by atoms with Crippen LogP contribution in [-0.4, -0.2) is 52.7 Å². The minimum atomic E-state index is -2.35. The molecule has 0 bridgehead atoms. The van der Waals surface area contributed by atoms with Gasteiger partial charge < -0.3 is 25.8 Å². The fourth-order valence-corrected chi connectivity index (χ4v) is 6.15. The number of amides is 2. The molecule has 3 aliphatic heterocycles. The quantitative estimate of drug-likeness (QED) is 0.283. The van der Waals surface area contributed by atoms with Gasteiger partial charge in [0.15, 0.2) is 11.6 Å². The molecule has 13 heteroatoms. The van der Waals surface area contributed by atoms with E-state index in [1.54, 1.807) is 6.07 Å². The largest absolute Gasteiger partial charge is 0.372 e. The van der Waals surface area contributed by atoms with Crippen LogP contribution >= 0.6 is 12.4 Å². The molecule has 0 radical (unpaired) electrons. The normalized spacial score (nSPS) is 25.1. The van der Waals surface area contributed by atoms with Crippen molar-refractivity contribution in [2.75, 3.05) is 18.1 Å². The van der Waals surface area contributed by atoms with Crippen LogP contribution in [0.25, 0.3) is 0 Å². The highest BCUT2D eigenvalue weighted by molar-refractivity contribution is 6.16. The van der Waals surface area contributed by atoms with Crippen LogP contribution < -0.4 is 16.0 Å². The Hall–Kier alpha value is -3.55. The van der Waals surface area contributed by atoms with Gasteiger partial charge in [0.2, 0.25) is 5.60 Å². The molecule has 44 heavy (non-hydrogen) atoms. The average Bonchev–Trinajstić information content (AvgIpc) is 3.55. The smallest absolute Gasteiger partial charge is 0.268 e. The molecule has 2 fully saturated rings. The van der Waals surface area contributed by atoms with Gasteiger partial charge in [-0.25, -0.2) is 17.6 Å². The van der Waals surface area contributed by atoms with Crippen molar-refractivity contribution in [2.45, 2.75) is 56.3 Å². The van der Waals surface area contributed by atoms with E-state index >= 15 is 0 Å². The van der Waals surface area contributed by atoms with Crippen molar-refractivity contribution in [3.8, 4) is 0 Å². The summed E-state index contributed by atoms with van der Waals surface area (Å²) in [6, 6.07) is 11.6. The average molecular weight is 635 g/mol. The van der Waals surface area contributed by atoms with Crippen molar-refractivity contribution in [2.24, 2.45) is 5.73 Å². The van der Waals surface area contributed by atoms with E-state index in [0.717, 1.165) is 35.4 Å². The van der Waals surface area contributed by atoms with Crippen LogP contribution in [0.4, 0.5) is 23.2 Å². The van der Waals surface area contributed by atoms with E-state index in [4.69, 9.17) is 10.5 Å². The first-order valence-corrected chi connectivity index (χ1v) is 14.0. The van der Waals surface area contributed by atoms with Crippen molar-refractivity contribution in [1.29, 1.82) is 0 Å². The van der Waals surface area contributed by atoms with Gasteiger partial charge in [-0.2, -0.15) is 0 Å². The lowest BCUT2D eigenvalue weighted by atomic mass is 9.93. The zero-order chi connectivity index (χ0) is 30.5. The summed E-state index contributed by atoms with van der Waals surface area (Å²) in [7, 11) is 0. The number of carbonyl (C=O) groups is 2. The summed E-state index contributed by atoms with van der Waals surface area (Å²) in [5, 5.41) is 13.3. The van der Waals surface area contributed by atoms with Crippen LogP contribution in [0.2, 0.25) is 0 Å². The second-order valence-corrected chi connectivity index (χ2v) is 11.3. The molecule has 3 aromatic carbocycles. The zero-order valence-corrected chi connectivity index (χ0v) is 24.3. The molecule has 3 aromatic rings. The predicted molar refractivity (Wildman–Crippen MR) is 154 cm³/mol. The van der Waals surface area contributed by atoms with Crippen LogP contribution in [-0.2, 0) is 34.0 Å². The Labute approximate surface area is 257 Å². The van der Waals surface area contributed by atoms with Gasteiger partial charge in [0.1, 0.15) is 17.7 Å². The van der Waals surface area contributed by atoms with Gasteiger partial charge in [-0.15, -0.1) is 12.4 Å². The lowest BCUT2D eigenvalue weighted by molar-refractivity contribution is -0.149. The van der Waals surface area contributed by atoms with Crippen molar-refractivity contribution < 1.29 is 37.0 Å². The molecular formula is C31H31ClF4N4O4. The summed E-state index contributed by atoms with van der Waals surface area (Å²) < 4.78 is 61.4. The SMILES string of the molecule is Cl.N[C@H]1C[C@@H](N2Cc3ccc(N4CCC(O)(C(=O)NCc5cccc(F)c5F)C4=O)cc3C2)CO[C@@H]1c1cc(F)ccc1F. The molecule has 2 saturated heterocycles. The van der Waals surface area contributed by atoms with Gasteiger partial charge in [-0.05, 0) is 53.9 Å². The van der Waals surface area contributed by atoms with Crippen molar-refractivity contribution in [1.82, 2.24) is 10.2 Å². The van der Waals surface area contributed by atoms with Crippen LogP contribution in [0, 0.1) is 23.3 Å². The Morgan fingerprint density at radius 3 is 2.59 bits per heavy atom. The number of ether oxygens (including phenoxy) is 1. The number of hydrogen-bond acceptors (Lipinski definition) is 6. The van der Waals surface area contributed by atoms with Crippen LogP contribution in [0.1, 0.15) is 41.2 Å². The van der Waals surface area contributed by atoms with Crippen molar-refractivity contribution in [3.63, 3.8) is 0 Å². The zero-order valence-electron chi connectivity index (χ0n) is 23.4. The van der Waals surface area contributed by atoms with E-state index in [1.807, 2.05) is 12.1 Å². The molecule has 234 valence electrons. The molecule has 0 aliphatic carbocycles. The first kappa shape index (κ1) is 31.9. The number of benzene rings is 3. The van der Waals surface area contributed by atoms with E-state index in [-0.39, 0.29) is 55.7 Å². The van der Waals surface area contributed by atoms with E-state index in [9.17, 15) is 32.3 Å². The second kappa shape index (κ2) is 12.4. The van der Waals surface area contributed by atoms with E-state index in [0.29, 0.717) is 25.2 Å². The standard InChI is InChI=1S/C31H30F4N4O4.ClH/c32-20-5-7-24(33)23(11-20)28-26(36)12-22(16-43-28)38-14-18-4-6-21(10-19(18)15-38)39-9-8-31(42,30(39)41)29(40)37-13-17-2-1-3-25(34)27(17)35;/h1-7,10-11,22,26,28,42H,8-9,12-16,36H2,(H,37,40);1H/t22-,26+,28-,31?;/m1./s1. The van der Waals surface area contributed by atoms with E-state index in [2.05, 4.69) is 10.2 Å². The van der Waals surface area contributed by atoms with Gasteiger partial charge in [0.25, 0.3) is 11.8 Å². The number of carbonyl (C=O) groups excluding carboxylic acids is 2. The molecule has 3 heterocycles. The maximum absolute atomic E-state index is 14.3. The summed E-state index contributed by atoms with van der Waals surface area (Å²) in [4.78, 5) is 29.6. The number of hydrogen-bond donors (Lipinski definition) is 3. The number of nitrogens with two attached hydrogens (primary N) is 1. The number of nitrogens with one attached hydrogen (secondary N) is 1. The Morgan fingerprint density at radius 2 is 1.82 bits per heavy atom. The molecule has 2 amide bonds. The molecule has 8 nitrogen and oxygen atoms in total. The van der Waals surface area contributed by atoms with Crippen molar-refractivity contribution >= 4 is 29.9 Å². The van der Waals surface area contributed by atoms with Gasteiger partial charge >= 0.3 is 0 Å². The number of aliphatic hydroxyl groups is 1. The lowest BCUT2D eigenvalue weighted by Gasteiger charge is -2.38. The fourth-order valence-electron chi connectivity index (χ4n) is 6.15. The summed E-state index contributed by atoms with van der Waals surface area (Å²) in [6.07, 6.45) is -0.418. The van der Waals surface area contributed by atoms with Crippen LogP contribution in [0.15, 0.2) is 54.6 Å². The summed E-state index contributed by atoms with van der Waals surface area (Å²) in [5.41, 5.74) is 6.52. The number of fused-ring (bicyclic) bond motifs is 1. The molecule has 4 N–H and O–H groups in total. The maximum atomic E-state index is 14.3. The molecule has 4 atom stereocenters. The Balaban J connectivity index is 0.00000384. The molecule has 3 aliphatic rings. The second-order valence-electron chi connectivity index (χ2n) is 11.3. The monoisotopic (exact) mass is 634 g/mol. The Kier molecular flexibility index (Phi) is 9.01. The predicted octanol–water partition coefficient (Wildman–Crippen LogP) is 3.62. The molecule has 0 saturated carbocycles. The van der Waals surface area contributed by atoms with Gasteiger partial charge in [-0.3, -0.25) is 14.5 Å². The highest BCUT2D eigenvalue weighted by Gasteiger charge is 2.52. The minimum Gasteiger partial charge on any atom is -0.372 e. The third kappa shape index (κ3) is 5.80. The summed E-state index contributed by atoms with van der Waals surface area (Å²) >= 11 is 0. The number of rotatable bonds is 6. The highest BCUT2D eigenvalue weighted by atomic mass is 35.5. The van der Waals surface area contributed by atoms with Crippen LogP contribution in [0.5, 0.6) is 0 Å². The van der Waals surface area contributed by atoms with Gasteiger partial charge in [-0.1, -0.05) is 18.2 Å². The molecular weight excluding hydrogens is 604 g/mol. The van der Waals surface area contributed by atoms with Gasteiger partial charge in [0.05, 0.1) is 6.61 Å². The Bertz CT molecular complexity index is 1600. The van der Waals surface area contributed by atoms with Crippen molar-refractivity contribution in [3.05, 3.63) is 100 Å². The lowest BCUT2D eigenvalue weighted by Crippen LogP contribution is -2.52. The first-order chi connectivity index (χ1) is 20.5. The first-order valence-electron chi connectivity index (χ1n) is 14.0. The summed E-state index contributed by atoms with van der Waals surface area (Å²) in [5.74, 6) is -5.09. The highest BCUT2D eigenvalue weighted by Crippen LogP contribution is 2.36. The van der Waals surface area contributed by atoms with Crippen LogP contribution in [0.3, 0.4) is 0 Å². The maximum Gasteiger partial charge on any atom is 0.268 e. The van der Waals surface area contributed by atoms with E-state index in [1.165, 1.54) is 17.0 Å². The topological polar surface area (TPSA) is 108 Å². The third-order valence-corrected chi connectivity index (χ3v) is 8.57. The third-order valence-electron chi connectivity index (χ3n) is 8.57. The van der Waals surface area contributed by atoms with E-state index < -0.39 is 52.8 Å². The summed E-state index contributed by atoms with van der Waals surface area (Å²) in [6.45, 7) is 1.12. The number of halogens is 5. The number of anilines is 1. The molecule has 6 rings (SSSR count). The molecule has 1 unspecified atom stereocenters. The Morgan fingerprint density at radius 1 is 1.05 bits per heavy atom. The molecule has 0 aromatic heterocycles. The number of nitrogens with zero attached hydrogens (tertiary/aromatic N) is 2. The minimum absolute atomic E-state index is 0.